The first-order chi connectivity index (χ1) is 7.69. The van der Waals surface area contributed by atoms with E-state index in [0.717, 1.165) is 0 Å². The van der Waals surface area contributed by atoms with Crippen LogP contribution in [0.1, 0.15) is 0 Å². The van der Waals surface area contributed by atoms with Crippen LogP contribution in [0.25, 0.3) is 0 Å². The van der Waals surface area contributed by atoms with E-state index in [0.29, 0.717) is 28.9 Å². The minimum Gasteiger partial charge on any atom is -0.485 e. The minimum atomic E-state index is -0.0917. The van der Waals surface area contributed by atoms with E-state index in [2.05, 4.69) is 5.32 Å². The van der Waals surface area contributed by atoms with Gasteiger partial charge in [0.25, 0.3) is 0 Å². The molecule has 0 aliphatic carbocycles. The summed E-state index contributed by atoms with van der Waals surface area (Å²) in [5, 5.41) is 3.94. The van der Waals surface area contributed by atoms with Crippen LogP contribution in [0, 0.1) is 0 Å². The van der Waals surface area contributed by atoms with Crippen LogP contribution in [0.3, 0.4) is 0 Å². The lowest BCUT2D eigenvalue weighted by atomic mass is 10.3. The Kier molecular flexibility index (Phi) is 5.91. The van der Waals surface area contributed by atoms with Gasteiger partial charge in [-0.05, 0) is 19.2 Å². The number of ether oxygens (including phenoxy) is 2. The van der Waals surface area contributed by atoms with Crippen molar-refractivity contribution in [3.63, 3.8) is 0 Å². The van der Waals surface area contributed by atoms with Crippen LogP contribution < -0.4 is 10.1 Å². The van der Waals surface area contributed by atoms with Crippen LogP contribution in [0.15, 0.2) is 18.2 Å². The van der Waals surface area contributed by atoms with Gasteiger partial charge in [0.15, 0.2) is 0 Å². The molecule has 1 atom stereocenters. The van der Waals surface area contributed by atoms with Gasteiger partial charge in [-0.1, -0.05) is 29.3 Å². The Hall–Kier alpha value is -0.480. The van der Waals surface area contributed by atoms with Gasteiger partial charge in [-0.25, -0.2) is 0 Å². The Morgan fingerprint density at radius 1 is 1.38 bits per heavy atom. The highest BCUT2D eigenvalue weighted by molar-refractivity contribution is 6.42. The molecule has 5 heteroatoms. The molecule has 0 bridgehead atoms. The zero-order valence-corrected chi connectivity index (χ0v) is 10.8. The van der Waals surface area contributed by atoms with Gasteiger partial charge in [-0.15, -0.1) is 0 Å². The molecule has 16 heavy (non-hydrogen) atoms. The van der Waals surface area contributed by atoms with E-state index >= 15 is 0 Å². The molecule has 1 N–H and O–H groups in total. The maximum absolute atomic E-state index is 6.02. The second kappa shape index (κ2) is 6.97. The van der Waals surface area contributed by atoms with Crippen molar-refractivity contribution >= 4 is 23.2 Å². The lowest BCUT2D eigenvalue weighted by Crippen LogP contribution is -2.33. The molecule has 0 aromatic heterocycles. The number of likely N-dealkylation sites (N-methyl/N-ethyl adjacent to an activating group) is 1. The van der Waals surface area contributed by atoms with Gasteiger partial charge in [0, 0.05) is 13.7 Å². The lowest BCUT2D eigenvalue weighted by Gasteiger charge is -2.19. The highest BCUT2D eigenvalue weighted by atomic mass is 35.5. The second-order valence-corrected chi connectivity index (χ2v) is 4.09. The van der Waals surface area contributed by atoms with Crippen LogP contribution in [0.2, 0.25) is 10.0 Å². The number of nitrogens with one attached hydrogen (secondary N) is 1. The third-order valence-corrected chi connectivity index (χ3v) is 2.80. The summed E-state index contributed by atoms with van der Waals surface area (Å²) in [6.45, 7) is 1.17. The average molecular weight is 264 g/mol. The van der Waals surface area contributed by atoms with Crippen LogP contribution >= 0.6 is 23.2 Å². The number of hydrogen-bond acceptors (Lipinski definition) is 3. The summed E-state index contributed by atoms with van der Waals surface area (Å²) in [6.07, 6.45) is -0.0917. The Bertz CT molecular complexity index is 328. The summed E-state index contributed by atoms with van der Waals surface area (Å²) in [5.41, 5.74) is 0. The van der Waals surface area contributed by atoms with E-state index in [1.165, 1.54) is 0 Å². The van der Waals surface area contributed by atoms with E-state index in [1.807, 2.05) is 7.05 Å². The third-order valence-electron chi connectivity index (χ3n) is 1.99. The van der Waals surface area contributed by atoms with E-state index in [4.69, 9.17) is 32.7 Å². The maximum atomic E-state index is 6.02. The van der Waals surface area contributed by atoms with Crippen LogP contribution in [-0.2, 0) is 4.74 Å². The van der Waals surface area contributed by atoms with Crippen molar-refractivity contribution in [1.82, 2.24) is 5.32 Å². The zero-order chi connectivity index (χ0) is 12.0. The molecule has 90 valence electrons. The van der Waals surface area contributed by atoms with Gasteiger partial charge in [-0.3, -0.25) is 0 Å². The molecule has 3 nitrogen and oxygen atoms in total. The fraction of sp³-hybridized carbons (Fsp3) is 0.455. The molecular weight excluding hydrogens is 249 g/mol. The lowest BCUT2D eigenvalue weighted by molar-refractivity contribution is 0.0819. The molecule has 1 aromatic carbocycles. The molecule has 0 amide bonds. The van der Waals surface area contributed by atoms with Crippen molar-refractivity contribution in [2.75, 3.05) is 27.3 Å². The third kappa shape index (κ3) is 3.83. The predicted molar refractivity (Wildman–Crippen MR) is 66.7 cm³/mol. The van der Waals surface area contributed by atoms with Crippen molar-refractivity contribution in [3.8, 4) is 5.75 Å². The van der Waals surface area contributed by atoms with E-state index in [-0.39, 0.29) is 6.10 Å². The SMILES string of the molecule is CNCC(COC)Oc1cccc(Cl)c1Cl. The smallest absolute Gasteiger partial charge is 0.140 e. The topological polar surface area (TPSA) is 30.5 Å². The summed E-state index contributed by atoms with van der Waals surface area (Å²) < 4.78 is 10.8. The highest BCUT2D eigenvalue weighted by Gasteiger charge is 2.12. The average Bonchev–Trinajstić information content (AvgIpc) is 2.25. The first-order valence-corrected chi connectivity index (χ1v) is 5.68. The molecule has 0 aliphatic heterocycles. The number of halogens is 2. The van der Waals surface area contributed by atoms with Crippen LogP contribution in [0.5, 0.6) is 5.75 Å². The number of rotatable bonds is 6. The largest absolute Gasteiger partial charge is 0.485 e. The fourth-order valence-corrected chi connectivity index (χ4v) is 1.64. The van der Waals surface area contributed by atoms with Gasteiger partial charge in [0.2, 0.25) is 0 Å². The Morgan fingerprint density at radius 3 is 2.75 bits per heavy atom. The normalized spacial score (nSPS) is 12.5. The predicted octanol–water partition coefficient (Wildman–Crippen LogP) is 2.61. The summed E-state index contributed by atoms with van der Waals surface area (Å²) in [5.74, 6) is 0.575. The standard InChI is InChI=1S/C11H15Cl2NO2/c1-14-6-8(7-15-2)16-10-5-3-4-9(12)11(10)13/h3-5,8,14H,6-7H2,1-2H3. The Balaban J connectivity index is 2.72. The molecule has 0 radical (unpaired) electrons. The Morgan fingerprint density at radius 2 is 2.12 bits per heavy atom. The van der Waals surface area contributed by atoms with Gasteiger partial charge in [0.1, 0.15) is 16.9 Å². The van der Waals surface area contributed by atoms with Crippen molar-refractivity contribution in [1.29, 1.82) is 0 Å². The van der Waals surface area contributed by atoms with E-state index in [9.17, 15) is 0 Å². The van der Waals surface area contributed by atoms with Gasteiger partial charge < -0.3 is 14.8 Å². The molecule has 0 fully saturated rings. The molecule has 1 aromatic rings. The van der Waals surface area contributed by atoms with Gasteiger partial charge in [-0.2, -0.15) is 0 Å². The second-order valence-electron chi connectivity index (χ2n) is 3.30. The first kappa shape index (κ1) is 13.6. The van der Waals surface area contributed by atoms with Crippen molar-refractivity contribution in [3.05, 3.63) is 28.2 Å². The first-order valence-electron chi connectivity index (χ1n) is 4.93. The quantitative estimate of drug-likeness (QED) is 0.856. The summed E-state index contributed by atoms with van der Waals surface area (Å²) in [4.78, 5) is 0. The number of hydrogen-bond donors (Lipinski definition) is 1. The Labute approximate surface area is 106 Å². The highest BCUT2D eigenvalue weighted by Crippen LogP contribution is 2.31. The molecule has 0 spiro atoms. The zero-order valence-electron chi connectivity index (χ0n) is 9.30. The monoisotopic (exact) mass is 263 g/mol. The van der Waals surface area contributed by atoms with Crippen molar-refractivity contribution in [2.45, 2.75) is 6.10 Å². The van der Waals surface area contributed by atoms with Crippen LogP contribution in [0.4, 0.5) is 0 Å². The molecule has 0 aliphatic rings. The molecule has 0 saturated carbocycles. The maximum Gasteiger partial charge on any atom is 0.140 e. The molecule has 0 saturated heterocycles. The van der Waals surface area contributed by atoms with Crippen molar-refractivity contribution in [2.24, 2.45) is 0 Å². The van der Waals surface area contributed by atoms with Crippen LogP contribution in [-0.4, -0.2) is 33.4 Å². The summed E-state index contributed by atoms with van der Waals surface area (Å²) >= 11 is 11.9. The van der Waals surface area contributed by atoms with Gasteiger partial charge >= 0.3 is 0 Å². The van der Waals surface area contributed by atoms with Gasteiger partial charge in [0.05, 0.1) is 11.6 Å². The van der Waals surface area contributed by atoms with E-state index in [1.54, 1.807) is 25.3 Å². The summed E-state index contributed by atoms with van der Waals surface area (Å²) in [6, 6.07) is 5.31. The van der Waals surface area contributed by atoms with E-state index < -0.39 is 0 Å². The minimum absolute atomic E-state index is 0.0917. The molecule has 1 unspecified atom stereocenters. The molecule has 1 rings (SSSR count). The number of methoxy groups -OCH3 is 1. The number of benzene rings is 1. The fourth-order valence-electron chi connectivity index (χ4n) is 1.30. The summed E-state index contributed by atoms with van der Waals surface area (Å²) in [7, 11) is 3.48. The van der Waals surface area contributed by atoms with Crippen molar-refractivity contribution < 1.29 is 9.47 Å². The molecular formula is C11H15Cl2NO2. The molecule has 0 heterocycles.